The van der Waals surface area contributed by atoms with Crippen LogP contribution in [-0.2, 0) is 12.8 Å². The van der Waals surface area contributed by atoms with E-state index in [0.29, 0.717) is 18.9 Å². The van der Waals surface area contributed by atoms with Gasteiger partial charge in [0.05, 0.1) is 6.10 Å². The van der Waals surface area contributed by atoms with E-state index in [1.807, 2.05) is 25.1 Å². The van der Waals surface area contributed by atoms with Crippen LogP contribution in [-0.4, -0.2) is 23.7 Å². The molecule has 2 atom stereocenters. The Kier molecular flexibility index (Phi) is 7.90. The highest BCUT2D eigenvalue weighted by Gasteiger charge is 2.14. The molecule has 0 spiro atoms. The molecule has 5 heteroatoms. The van der Waals surface area contributed by atoms with Crippen molar-refractivity contribution in [1.29, 1.82) is 0 Å². The zero-order chi connectivity index (χ0) is 17.6. The first-order valence-electron chi connectivity index (χ1n) is 9.03. The fourth-order valence-corrected chi connectivity index (χ4v) is 3.50. The summed E-state index contributed by atoms with van der Waals surface area (Å²) in [7, 11) is 0. The number of hydrogen-bond acceptors (Lipinski definition) is 2. The number of fused-ring (bicyclic) bond motifs is 1. The normalized spacial score (nSPS) is 15.7. The van der Waals surface area contributed by atoms with Crippen LogP contribution in [0.1, 0.15) is 42.4 Å². The highest BCUT2D eigenvalue weighted by atomic mass is 127. The fourth-order valence-electron chi connectivity index (χ4n) is 3.50. The summed E-state index contributed by atoms with van der Waals surface area (Å²) in [5, 5.41) is 13.0. The molecule has 2 aromatic rings. The fraction of sp³-hybridized carbons (Fsp3) is 0.381. The third-order valence-corrected chi connectivity index (χ3v) is 4.75. The highest BCUT2D eigenvalue weighted by molar-refractivity contribution is 14.0. The molecule has 0 aliphatic heterocycles. The summed E-state index contributed by atoms with van der Waals surface area (Å²) in [5.41, 5.74) is 11.1. The van der Waals surface area contributed by atoms with Crippen molar-refractivity contribution in [3.63, 3.8) is 0 Å². The van der Waals surface area contributed by atoms with Gasteiger partial charge in [-0.05, 0) is 61.4 Å². The lowest BCUT2D eigenvalue weighted by molar-refractivity contribution is 0.175. The first-order chi connectivity index (χ1) is 12.1. The predicted octanol–water partition coefficient (Wildman–Crippen LogP) is 4.07. The van der Waals surface area contributed by atoms with E-state index in [0.717, 1.165) is 12.1 Å². The quantitative estimate of drug-likeness (QED) is 0.342. The molecule has 0 radical (unpaired) electrons. The van der Waals surface area contributed by atoms with Gasteiger partial charge in [0.15, 0.2) is 5.96 Å². The minimum absolute atomic E-state index is 0. The summed E-state index contributed by atoms with van der Waals surface area (Å²) in [6, 6.07) is 16.6. The van der Waals surface area contributed by atoms with E-state index in [2.05, 4.69) is 40.6 Å². The van der Waals surface area contributed by atoms with Gasteiger partial charge in [-0.25, -0.2) is 0 Å². The molecule has 0 amide bonds. The largest absolute Gasteiger partial charge is 0.393 e. The second-order valence-corrected chi connectivity index (χ2v) is 6.88. The molecule has 0 aromatic heterocycles. The number of aliphatic imine (C=N–C) groups is 1. The van der Waals surface area contributed by atoms with Gasteiger partial charge >= 0.3 is 0 Å². The number of guanidine groups is 1. The highest BCUT2D eigenvalue weighted by Crippen LogP contribution is 2.25. The van der Waals surface area contributed by atoms with Crippen molar-refractivity contribution in [2.24, 2.45) is 10.7 Å². The number of anilines is 1. The van der Waals surface area contributed by atoms with Crippen molar-refractivity contribution >= 4 is 35.6 Å². The Hall–Kier alpha value is -1.60. The summed E-state index contributed by atoms with van der Waals surface area (Å²) in [6.45, 7) is 2.37. The van der Waals surface area contributed by atoms with Crippen LogP contribution in [0.25, 0.3) is 0 Å². The molecule has 2 aromatic carbocycles. The monoisotopic (exact) mass is 465 g/mol. The van der Waals surface area contributed by atoms with Gasteiger partial charge in [0.1, 0.15) is 0 Å². The number of rotatable bonds is 6. The number of aryl methyl sites for hydroxylation is 2. The van der Waals surface area contributed by atoms with Crippen molar-refractivity contribution in [1.82, 2.24) is 0 Å². The Labute approximate surface area is 172 Å². The number of benzene rings is 2. The Morgan fingerprint density at radius 2 is 1.88 bits per heavy atom. The van der Waals surface area contributed by atoms with Gasteiger partial charge in [-0.3, -0.25) is 4.99 Å². The molecule has 1 aliphatic rings. The smallest absolute Gasteiger partial charge is 0.193 e. The molecule has 4 nitrogen and oxygen atoms in total. The SMILES string of the molecule is CC(O)CC(CN=C(N)Nc1ccc2c(c1)CCC2)c1ccccc1.I. The van der Waals surface area contributed by atoms with Crippen LogP contribution in [0.4, 0.5) is 5.69 Å². The van der Waals surface area contributed by atoms with Crippen molar-refractivity contribution in [2.75, 3.05) is 11.9 Å². The van der Waals surface area contributed by atoms with E-state index in [9.17, 15) is 5.11 Å². The van der Waals surface area contributed by atoms with Crippen LogP contribution < -0.4 is 11.1 Å². The van der Waals surface area contributed by atoms with Crippen LogP contribution in [0.15, 0.2) is 53.5 Å². The molecule has 2 unspecified atom stereocenters. The van der Waals surface area contributed by atoms with Crippen LogP contribution in [0.2, 0.25) is 0 Å². The maximum absolute atomic E-state index is 9.78. The number of halogens is 1. The van der Waals surface area contributed by atoms with Gasteiger partial charge in [-0.2, -0.15) is 0 Å². The van der Waals surface area contributed by atoms with Gasteiger partial charge in [0, 0.05) is 18.2 Å². The minimum Gasteiger partial charge on any atom is -0.393 e. The first kappa shape index (κ1) is 20.7. The molecule has 4 N–H and O–H groups in total. The second kappa shape index (κ2) is 9.92. The van der Waals surface area contributed by atoms with Crippen molar-refractivity contribution in [3.05, 3.63) is 65.2 Å². The molecule has 140 valence electrons. The number of nitrogens with zero attached hydrogens (tertiary/aromatic N) is 1. The molecule has 0 saturated heterocycles. The molecule has 3 rings (SSSR count). The van der Waals surface area contributed by atoms with E-state index in [1.54, 1.807) is 0 Å². The molecule has 0 saturated carbocycles. The standard InChI is InChI=1S/C21H27N3O.HI/c1-15(25)12-19(16-6-3-2-4-7-16)14-23-21(22)24-20-11-10-17-8-5-9-18(17)13-20;/h2-4,6-7,10-11,13,15,19,25H,5,8-9,12,14H2,1H3,(H3,22,23,24);1H. The molecule has 1 aliphatic carbocycles. The third kappa shape index (κ3) is 5.71. The Balaban J connectivity index is 0.00000243. The van der Waals surface area contributed by atoms with E-state index >= 15 is 0 Å². The number of hydrogen-bond donors (Lipinski definition) is 3. The lowest BCUT2D eigenvalue weighted by Gasteiger charge is -2.17. The average molecular weight is 465 g/mol. The summed E-state index contributed by atoms with van der Waals surface area (Å²) in [6.07, 6.45) is 3.86. The van der Waals surface area contributed by atoms with Gasteiger partial charge in [0.2, 0.25) is 0 Å². The zero-order valence-corrected chi connectivity index (χ0v) is 17.5. The Morgan fingerprint density at radius 3 is 2.62 bits per heavy atom. The topological polar surface area (TPSA) is 70.6 Å². The van der Waals surface area contributed by atoms with Crippen LogP contribution in [0.3, 0.4) is 0 Å². The molecule has 0 fully saturated rings. The average Bonchev–Trinajstić information content (AvgIpc) is 3.07. The van der Waals surface area contributed by atoms with Gasteiger partial charge in [-0.15, -0.1) is 24.0 Å². The van der Waals surface area contributed by atoms with Crippen molar-refractivity contribution < 1.29 is 5.11 Å². The second-order valence-electron chi connectivity index (χ2n) is 6.88. The first-order valence-corrected chi connectivity index (χ1v) is 9.03. The summed E-state index contributed by atoms with van der Waals surface area (Å²) >= 11 is 0. The number of aliphatic hydroxyl groups excluding tert-OH is 1. The number of aliphatic hydroxyl groups is 1. The van der Waals surface area contributed by atoms with Crippen LogP contribution >= 0.6 is 24.0 Å². The zero-order valence-electron chi connectivity index (χ0n) is 15.2. The molecular weight excluding hydrogens is 437 g/mol. The maximum atomic E-state index is 9.78. The molecule has 26 heavy (non-hydrogen) atoms. The summed E-state index contributed by atoms with van der Waals surface area (Å²) in [5.74, 6) is 0.575. The van der Waals surface area contributed by atoms with Crippen LogP contribution in [0, 0.1) is 0 Å². The lowest BCUT2D eigenvalue weighted by atomic mass is 9.93. The maximum Gasteiger partial charge on any atom is 0.193 e. The summed E-state index contributed by atoms with van der Waals surface area (Å²) in [4.78, 5) is 4.51. The Bertz CT molecular complexity index is 731. The number of nitrogens with two attached hydrogens (primary N) is 1. The van der Waals surface area contributed by atoms with E-state index in [1.165, 1.54) is 29.5 Å². The third-order valence-electron chi connectivity index (χ3n) is 4.75. The minimum atomic E-state index is -0.369. The van der Waals surface area contributed by atoms with E-state index in [4.69, 9.17) is 5.73 Å². The lowest BCUT2D eigenvalue weighted by Crippen LogP contribution is -2.24. The molecule has 0 bridgehead atoms. The van der Waals surface area contributed by atoms with Crippen molar-refractivity contribution in [2.45, 2.75) is 44.6 Å². The van der Waals surface area contributed by atoms with Crippen molar-refractivity contribution in [3.8, 4) is 0 Å². The summed E-state index contributed by atoms with van der Waals surface area (Å²) < 4.78 is 0. The Morgan fingerprint density at radius 1 is 1.15 bits per heavy atom. The van der Waals surface area contributed by atoms with Gasteiger partial charge in [0.25, 0.3) is 0 Å². The van der Waals surface area contributed by atoms with Crippen LogP contribution in [0.5, 0.6) is 0 Å². The van der Waals surface area contributed by atoms with Gasteiger partial charge in [-0.1, -0.05) is 36.4 Å². The molecular formula is C21H28IN3O. The molecule has 0 heterocycles. The van der Waals surface area contributed by atoms with E-state index in [-0.39, 0.29) is 36.0 Å². The van der Waals surface area contributed by atoms with E-state index < -0.39 is 0 Å². The predicted molar refractivity (Wildman–Crippen MR) is 119 cm³/mol. The number of nitrogens with one attached hydrogen (secondary N) is 1. The van der Waals surface area contributed by atoms with Gasteiger partial charge < -0.3 is 16.2 Å².